The first kappa shape index (κ1) is 23.0. The Kier molecular flexibility index (Phi) is 6.81. The highest BCUT2D eigenvalue weighted by Gasteiger charge is 2.26. The van der Waals surface area contributed by atoms with Crippen molar-refractivity contribution in [2.24, 2.45) is 0 Å². The zero-order chi connectivity index (χ0) is 22.6. The second-order valence-corrected chi connectivity index (χ2v) is 10.7. The van der Waals surface area contributed by atoms with Gasteiger partial charge in [0, 0.05) is 35.4 Å². The molecule has 2 amide bonds. The molecule has 31 heavy (non-hydrogen) atoms. The summed E-state index contributed by atoms with van der Waals surface area (Å²) >= 11 is 0. The van der Waals surface area contributed by atoms with E-state index < -0.39 is 10.0 Å². The van der Waals surface area contributed by atoms with E-state index in [9.17, 15) is 18.0 Å². The van der Waals surface area contributed by atoms with E-state index in [1.54, 1.807) is 42.5 Å². The van der Waals surface area contributed by atoms with Crippen molar-refractivity contribution in [1.82, 2.24) is 9.62 Å². The van der Waals surface area contributed by atoms with E-state index in [2.05, 4.69) is 10.6 Å². The van der Waals surface area contributed by atoms with E-state index in [0.717, 1.165) is 19.3 Å². The van der Waals surface area contributed by atoms with Crippen LogP contribution in [-0.4, -0.2) is 43.2 Å². The lowest BCUT2D eigenvalue weighted by atomic mass is 10.1. The number of anilines is 1. The van der Waals surface area contributed by atoms with Gasteiger partial charge in [-0.2, -0.15) is 4.31 Å². The van der Waals surface area contributed by atoms with Gasteiger partial charge in [0.1, 0.15) is 0 Å². The highest BCUT2D eigenvalue weighted by molar-refractivity contribution is 7.89. The van der Waals surface area contributed by atoms with Crippen molar-refractivity contribution in [2.75, 3.05) is 18.4 Å². The summed E-state index contributed by atoms with van der Waals surface area (Å²) in [7, 11) is -3.58. The number of carbonyl (C=O) groups is 2. The number of hydrogen-bond acceptors (Lipinski definition) is 4. The Labute approximate surface area is 183 Å². The second-order valence-electron chi connectivity index (χ2n) is 8.73. The third-order valence-corrected chi connectivity index (χ3v) is 6.84. The molecule has 0 spiro atoms. The quantitative estimate of drug-likeness (QED) is 0.737. The molecule has 8 heteroatoms. The molecule has 0 atom stereocenters. The molecule has 2 N–H and O–H groups in total. The largest absolute Gasteiger partial charge is 0.347 e. The number of sulfonamides is 1. The molecule has 2 aromatic rings. The molecule has 0 unspecified atom stereocenters. The Morgan fingerprint density at radius 1 is 0.871 bits per heavy atom. The fraction of sp³-hybridized carbons (Fsp3) is 0.391. The number of carbonyl (C=O) groups excluding carboxylic acids is 2. The maximum Gasteiger partial charge on any atom is 0.255 e. The van der Waals surface area contributed by atoms with Crippen molar-refractivity contribution < 1.29 is 18.0 Å². The standard InChI is InChI=1S/C23H29N3O4S/c1-23(2,3)25-22(28)18-12-10-17(11-13-18)21(27)24-19-8-7-9-20(16-19)31(29,30)26-14-5-4-6-15-26/h7-13,16H,4-6,14-15H2,1-3H3,(H,24,27)(H,25,28). The first-order valence-corrected chi connectivity index (χ1v) is 11.8. The molecule has 1 heterocycles. The van der Waals surface area contributed by atoms with Crippen molar-refractivity contribution in [3.8, 4) is 0 Å². The van der Waals surface area contributed by atoms with Gasteiger partial charge in [-0.15, -0.1) is 0 Å². The third-order valence-electron chi connectivity index (χ3n) is 4.94. The monoisotopic (exact) mass is 443 g/mol. The van der Waals surface area contributed by atoms with Crippen LogP contribution in [0, 0.1) is 0 Å². The molecule has 1 aliphatic rings. The lowest BCUT2D eigenvalue weighted by molar-refractivity contribution is 0.0918. The molecule has 0 aromatic heterocycles. The van der Waals surface area contributed by atoms with Gasteiger partial charge in [0.2, 0.25) is 10.0 Å². The van der Waals surface area contributed by atoms with Crippen LogP contribution in [0.25, 0.3) is 0 Å². The zero-order valence-corrected chi connectivity index (χ0v) is 19.0. The van der Waals surface area contributed by atoms with Gasteiger partial charge in [-0.05, 0) is 76.1 Å². The van der Waals surface area contributed by atoms with E-state index in [0.29, 0.717) is 29.9 Å². The first-order chi connectivity index (χ1) is 14.6. The van der Waals surface area contributed by atoms with Crippen molar-refractivity contribution in [1.29, 1.82) is 0 Å². The molecular formula is C23H29N3O4S. The molecule has 1 saturated heterocycles. The SMILES string of the molecule is CC(C)(C)NC(=O)c1ccc(C(=O)Nc2cccc(S(=O)(=O)N3CCCCC3)c2)cc1. The van der Waals surface area contributed by atoms with Crippen molar-refractivity contribution in [3.05, 3.63) is 59.7 Å². The summed E-state index contributed by atoms with van der Waals surface area (Å²) in [6, 6.07) is 12.6. The topological polar surface area (TPSA) is 95.6 Å². The Balaban J connectivity index is 1.71. The predicted molar refractivity (Wildman–Crippen MR) is 121 cm³/mol. The minimum Gasteiger partial charge on any atom is -0.347 e. The lowest BCUT2D eigenvalue weighted by Crippen LogP contribution is -2.40. The normalized spacial score (nSPS) is 15.3. The van der Waals surface area contributed by atoms with Crippen LogP contribution in [0.4, 0.5) is 5.69 Å². The Morgan fingerprint density at radius 3 is 2.03 bits per heavy atom. The van der Waals surface area contributed by atoms with Crippen LogP contribution < -0.4 is 10.6 Å². The van der Waals surface area contributed by atoms with E-state index in [-0.39, 0.29) is 22.2 Å². The average Bonchev–Trinajstić information content (AvgIpc) is 2.73. The first-order valence-electron chi connectivity index (χ1n) is 10.4. The van der Waals surface area contributed by atoms with Gasteiger partial charge in [0.05, 0.1) is 4.90 Å². The van der Waals surface area contributed by atoms with Crippen molar-refractivity contribution in [2.45, 2.75) is 50.5 Å². The summed E-state index contributed by atoms with van der Waals surface area (Å²) in [6.07, 6.45) is 2.76. The molecule has 7 nitrogen and oxygen atoms in total. The van der Waals surface area contributed by atoms with E-state index >= 15 is 0 Å². The summed E-state index contributed by atoms with van der Waals surface area (Å²) in [5.74, 6) is -0.592. The fourth-order valence-corrected chi connectivity index (χ4v) is 4.94. The number of piperidine rings is 1. The van der Waals surface area contributed by atoms with Crippen LogP contribution in [0.3, 0.4) is 0 Å². The lowest BCUT2D eigenvalue weighted by Gasteiger charge is -2.26. The summed E-state index contributed by atoms with van der Waals surface area (Å²) in [5.41, 5.74) is 0.877. The predicted octanol–water partition coefficient (Wildman–Crippen LogP) is 3.64. The van der Waals surface area contributed by atoms with Gasteiger partial charge in [-0.3, -0.25) is 9.59 Å². The van der Waals surface area contributed by atoms with Gasteiger partial charge < -0.3 is 10.6 Å². The summed E-state index contributed by atoms with van der Waals surface area (Å²) in [4.78, 5) is 25.0. The molecule has 3 rings (SSSR count). The molecule has 166 valence electrons. The third kappa shape index (κ3) is 5.92. The number of amides is 2. The maximum absolute atomic E-state index is 12.9. The molecule has 0 radical (unpaired) electrons. The van der Waals surface area contributed by atoms with Gasteiger partial charge in [0.25, 0.3) is 11.8 Å². The van der Waals surface area contributed by atoms with Crippen LogP contribution in [0.1, 0.15) is 60.7 Å². The van der Waals surface area contributed by atoms with Crippen LogP contribution in [0.2, 0.25) is 0 Å². The highest BCUT2D eigenvalue weighted by atomic mass is 32.2. The van der Waals surface area contributed by atoms with Crippen LogP contribution in [0.15, 0.2) is 53.4 Å². The Bertz CT molecular complexity index is 1050. The summed E-state index contributed by atoms with van der Waals surface area (Å²) < 4.78 is 27.2. The number of nitrogens with one attached hydrogen (secondary N) is 2. The summed E-state index contributed by atoms with van der Waals surface area (Å²) in [6.45, 7) is 6.73. The maximum atomic E-state index is 12.9. The van der Waals surface area contributed by atoms with E-state index in [1.807, 2.05) is 20.8 Å². The van der Waals surface area contributed by atoms with Crippen LogP contribution in [0.5, 0.6) is 0 Å². The smallest absolute Gasteiger partial charge is 0.255 e. The van der Waals surface area contributed by atoms with Gasteiger partial charge in [0.15, 0.2) is 0 Å². The molecule has 1 fully saturated rings. The highest BCUT2D eigenvalue weighted by Crippen LogP contribution is 2.23. The zero-order valence-electron chi connectivity index (χ0n) is 18.1. The van der Waals surface area contributed by atoms with Gasteiger partial charge >= 0.3 is 0 Å². The molecular weight excluding hydrogens is 414 g/mol. The van der Waals surface area contributed by atoms with E-state index in [1.165, 1.54) is 10.4 Å². The van der Waals surface area contributed by atoms with Crippen molar-refractivity contribution in [3.63, 3.8) is 0 Å². The average molecular weight is 444 g/mol. The number of nitrogens with zero attached hydrogens (tertiary/aromatic N) is 1. The van der Waals surface area contributed by atoms with Gasteiger partial charge in [-0.25, -0.2) is 8.42 Å². The molecule has 1 aliphatic heterocycles. The molecule has 2 aromatic carbocycles. The second kappa shape index (κ2) is 9.20. The molecule has 0 saturated carbocycles. The minimum absolute atomic E-state index is 0.168. The molecule has 0 bridgehead atoms. The number of rotatable bonds is 5. The van der Waals surface area contributed by atoms with Crippen molar-refractivity contribution >= 4 is 27.5 Å². The number of benzene rings is 2. The summed E-state index contributed by atoms with van der Waals surface area (Å²) in [5, 5.41) is 5.61. The van der Waals surface area contributed by atoms with Crippen LogP contribution >= 0.6 is 0 Å². The Morgan fingerprint density at radius 2 is 1.45 bits per heavy atom. The van der Waals surface area contributed by atoms with E-state index in [4.69, 9.17) is 0 Å². The van der Waals surface area contributed by atoms with Crippen LogP contribution in [-0.2, 0) is 10.0 Å². The molecule has 0 aliphatic carbocycles. The number of hydrogen-bond donors (Lipinski definition) is 2. The minimum atomic E-state index is -3.58. The van der Waals surface area contributed by atoms with Gasteiger partial charge in [-0.1, -0.05) is 12.5 Å². The Hall–Kier alpha value is -2.71. The fourth-order valence-electron chi connectivity index (χ4n) is 3.38.